The molecule has 1 saturated heterocycles. The van der Waals surface area contributed by atoms with Crippen molar-refractivity contribution in [2.75, 3.05) is 13.1 Å². The standard InChI is InChI=1S/C5H9NO2.C5H7NO2/c2*7-5(8)4-2-1-3-6-4/h4,6H,1-3H2,(H,7,8);1-3H2,(H,7,8)/t4-;/m1./s1. The van der Waals surface area contributed by atoms with Crippen LogP contribution < -0.4 is 5.32 Å². The zero-order valence-corrected chi connectivity index (χ0v) is 8.98. The van der Waals surface area contributed by atoms with Crippen molar-refractivity contribution in [3.63, 3.8) is 0 Å². The van der Waals surface area contributed by atoms with Crippen molar-refractivity contribution in [3.8, 4) is 0 Å². The molecule has 0 spiro atoms. The maximum atomic E-state index is 10.1. The monoisotopic (exact) mass is 228 g/mol. The molecule has 0 amide bonds. The lowest BCUT2D eigenvalue weighted by atomic mass is 10.2. The molecule has 0 aromatic rings. The fraction of sp³-hybridized carbons (Fsp3) is 0.700. The summed E-state index contributed by atoms with van der Waals surface area (Å²) in [5.74, 6) is -1.58. The first-order valence-corrected chi connectivity index (χ1v) is 5.34. The second-order valence-corrected chi connectivity index (χ2v) is 3.72. The summed E-state index contributed by atoms with van der Waals surface area (Å²) in [7, 11) is 0. The Morgan fingerprint density at radius 1 is 1.31 bits per heavy atom. The lowest BCUT2D eigenvalue weighted by molar-refractivity contribution is -0.139. The molecular weight excluding hydrogens is 212 g/mol. The van der Waals surface area contributed by atoms with Gasteiger partial charge < -0.3 is 15.5 Å². The van der Waals surface area contributed by atoms with Crippen molar-refractivity contribution in [3.05, 3.63) is 0 Å². The molecule has 1 atom stereocenters. The van der Waals surface area contributed by atoms with Gasteiger partial charge in [0.25, 0.3) is 0 Å². The molecule has 0 aromatic carbocycles. The third-order valence-electron chi connectivity index (χ3n) is 2.48. The number of carbonyl (C=O) groups is 2. The van der Waals surface area contributed by atoms with Gasteiger partial charge in [0, 0.05) is 6.54 Å². The van der Waals surface area contributed by atoms with Gasteiger partial charge in [-0.1, -0.05) is 0 Å². The third-order valence-corrected chi connectivity index (χ3v) is 2.48. The summed E-state index contributed by atoms with van der Waals surface area (Å²) in [6, 6.07) is -0.269. The number of nitrogens with one attached hydrogen (secondary N) is 1. The van der Waals surface area contributed by atoms with Crippen molar-refractivity contribution in [1.82, 2.24) is 5.32 Å². The highest BCUT2D eigenvalue weighted by molar-refractivity contribution is 6.35. The zero-order chi connectivity index (χ0) is 12.0. The Bertz CT molecular complexity index is 295. The van der Waals surface area contributed by atoms with Gasteiger partial charge in [0.2, 0.25) is 0 Å². The van der Waals surface area contributed by atoms with Crippen LogP contribution in [0.15, 0.2) is 4.99 Å². The summed E-state index contributed by atoms with van der Waals surface area (Å²) in [4.78, 5) is 24.0. The molecule has 90 valence electrons. The normalized spacial score (nSPS) is 23.2. The molecule has 6 heteroatoms. The third kappa shape index (κ3) is 3.98. The fourth-order valence-corrected chi connectivity index (χ4v) is 1.61. The van der Waals surface area contributed by atoms with Crippen LogP contribution in [-0.4, -0.2) is 47.0 Å². The lowest BCUT2D eigenvalue weighted by Crippen LogP contribution is -2.29. The highest BCUT2D eigenvalue weighted by atomic mass is 16.4. The fourth-order valence-electron chi connectivity index (χ4n) is 1.61. The number of aliphatic carboxylic acids is 2. The molecule has 0 aliphatic carbocycles. The molecule has 0 saturated carbocycles. The minimum atomic E-state index is -0.859. The minimum absolute atomic E-state index is 0.269. The van der Waals surface area contributed by atoms with E-state index in [1.54, 1.807) is 0 Å². The number of nitrogens with zero attached hydrogens (tertiary/aromatic N) is 1. The second-order valence-electron chi connectivity index (χ2n) is 3.72. The van der Waals surface area contributed by atoms with E-state index in [2.05, 4.69) is 10.3 Å². The Balaban J connectivity index is 0.000000160. The average Bonchev–Trinajstić information content (AvgIpc) is 2.93. The van der Waals surface area contributed by atoms with E-state index in [0.717, 1.165) is 25.8 Å². The Morgan fingerprint density at radius 3 is 2.31 bits per heavy atom. The summed E-state index contributed by atoms with van der Waals surface area (Å²) >= 11 is 0. The molecule has 2 rings (SSSR count). The van der Waals surface area contributed by atoms with Crippen molar-refractivity contribution < 1.29 is 19.8 Å². The quantitative estimate of drug-likeness (QED) is 0.624. The Morgan fingerprint density at radius 2 is 2.06 bits per heavy atom. The lowest BCUT2D eigenvalue weighted by Gasteiger charge is -1.99. The minimum Gasteiger partial charge on any atom is -0.480 e. The van der Waals surface area contributed by atoms with E-state index in [4.69, 9.17) is 10.2 Å². The predicted molar refractivity (Wildman–Crippen MR) is 57.8 cm³/mol. The van der Waals surface area contributed by atoms with Gasteiger partial charge in [0.15, 0.2) is 0 Å². The molecule has 6 nitrogen and oxygen atoms in total. The van der Waals surface area contributed by atoms with Crippen molar-refractivity contribution in [1.29, 1.82) is 0 Å². The van der Waals surface area contributed by atoms with E-state index in [0.29, 0.717) is 18.7 Å². The van der Waals surface area contributed by atoms with E-state index in [9.17, 15) is 9.59 Å². The Kier molecular flexibility index (Phi) is 4.91. The molecule has 2 aliphatic heterocycles. The maximum absolute atomic E-state index is 10.1. The summed E-state index contributed by atoms with van der Waals surface area (Å²) < 4.78 is 0. The van der Waals surface area contributed by atoms with Crippen LogP contribution in [0.3, 0.4) is 0 Å². The second kappa shape index (κ2) is 6.22. The molecule has 1 fully saturated rings. The first-order chi connectivity index (χ1) is 7.61. The van der Waals surface area contributed by atoms with Gasteiger partial charge >= 0.3 is 11.9 Å². The van der Waals surface area contributed by atoms with Crippen molar-refractivity contribution in [2.24, 2.45) is 4.99 Å². The Hall–Kier alpha value is -1.43. The van der Waals surface area contributed by atoms with Crippen LogP contribution in [0, 0.1) is 0 Å². The van der Waals surface area contributed by atoms with Gasteiger partial charge in [-0.2, -0.15) is 0 Å². The largest absolute Gasteiger partial charge is 0.480 e. The Labute approximate surface area is 93.4 Å². The van der Waals surface area contributed by atoms with Crippen LogP contribution in [-0.2, 0) is 9.59 Å². The van der Waals surface area contributed by atoms with Gasteiger partial charge in [-0.15, -0.1) is 0 Å². The topological polar surface area (TPSA) is 99.0 Å². The smallest absolute Gasteiger partial charge is 0.349 e. The van der Waals surface area contributed by atoms with E-state index < -0.39 is 11.9 Å². The summed E-state index contributed by atoms with van der Waals surface area (Å²) in [6.07, 6.45) is 3.34. The van der Waals surface area contributed by atoms with Crippen LogP contribution in [0.4, 0.5) is 0 Å². The molecule has 2 heterocycles. The highest BCUT2D eigenvalue weighted by Gasteiger charge is 2.20. The maximum Gasteiger partial charge on any atom is 0.349 e. The van der Waals surface area contributed by atoms with Crippen molar-refractivity contribution >= 4 is 17.7 Å². The number of carboxylic acids is 2. The molecule has 3 N–H and O–H groups in total. The number of hydrogen-bond donors (Lipinski definition) is 3. The van der Waals surface area contributed by atoms with Gasteiger partial charge in [0.05, 0.1) is 0 Å². The summed E-state index contributed by atoms with van der Waals surface area (Å²) in [6.45, 7) is 1.55. The first kappa shape index (κ1) is 12.6. The van der Waals surface area contributed by atoms with E-state index in [-0.39, 0.29) is 6.04 Å². The zero-order valence-electron chi connectivity index (χ0n) is 8.98. The number of carboxylic acid groups (broad SMARTS) is 2. The highest BCUT2D eigenvalue weighted by Crippen LogP contribution is 2.03. The van der Waals surface area contributed by atoms with Crippen LogP contribution in [0.5, 0.6) is 0 Å². The summed E-state index contributed by atoms with van der Waals surface area (Å²) in [5, 5.41) is 19.5. The van der Waals surface area contributed by atoms with Gasteiger partial charge in [0.1, 0.15) is 11.8 Å². The van der Waals surface area contributed by atoms with Crippen molar-refractivity contribution in [2.45, 2.75) is 31.7 Å². The van der Waals surface area contributed by atoms with Crippen LogP contribution in [0.25, 0.3) is 0 Å². The SMILES string of the molecule is O=C(O)C1=NCCC1.O=C(O)[C@H]1CCCN1. The molecule has 0 unspecified atom stereocenters. The molecule has 0 aromatic heterocycles. The number of rotatable bonds is 2. The first-order valence-electron chi connectivity index (χ1n) is 5.34. The number of aliphatic imine (C=N–C) groups is 1. The predicted octanol–water partition coefficient (Wildman–Crippen LogP) is 0.129. The van der Waals surface area contributed by atoms with Gasteiger partial charge in [-0.3, -0.25) is 9.79 Å². The van der Waals surface area contributed by atoms with Gasteiger partial charge in [-0.25, -0.2) is 4.79 Å². The number of hydrogen-bond acceptors (Lipinski definition) is 4. The van der Waals surface area contributed by atoms with E-state index in [1.165, 1.54) is 0 Å². The summed E-state index contributed by atoms with van der Waals surface area (Å²) in [5.41, 5.74) is 0.338. The molecule has 2 aliphatic rings. The van der Waals surface area contributed by atoms with E-state index >= 15 is 0 Å². The molecule has 0 radical (unpaired) electrons. The van der Waals surface area contributed by atoms with Crippen LogP contribution in [0.1, 0.15) is 25.7 Å². The van der Waals surface area contributed by atoms with Gasteiger partial charge in [-0.05, 0) is 32.2 Å². The average molecular weight is 228 g/mol. The van der Waals surface area contributed by atoms with Crippen LogP contribution in [0.2, 0.25) is 0 Å². The van der Waals surface area contributed by atoms with E-state index in [1.807, 2.05) is 0 Å². The van der Waals surface area contributed by atoms with Crippen LogP contribution >= 0.6 is 0 Å². The molecule has 16 heavy (non-hydrogen) atoms. The molecule has 0 bridgehead atoms. The molecular formula is C10H16N2O4.